The van der Waals surface area contributed by atoms with Gasteiger partial charge in [-0.1, -0.05) is 11.2 Å². The number of halogens is 4. The van der Waals surface area contributed by atoms with E-state index in [1.54, 1.807) is 10.6 Å². The van der Waals surface area contributed by atoms with Gasteiger partial charge in [0, 0.05) is 17.5 Å². The van der Waals surface area contributed by atoms with Gasteiger partial charge in [-0.15, -0.1) is 0 Å². The second kappa shape index (κ2) is 7.63. The molecule has 14 heteroatoms. The van der Waals surface area contributed by atoms with E-state index < -0.39 is 23.4 Å². The number of amides is 2. The number of aromatic nitrogens is 5. The number of hydrogen-bond donors (Lipinski definition) is 3. The average molecular weight is 502 g/mol. The minimum atomic E-state index is -4.47. The van der Waals surface area contributed by atoms with Crippen LogP contribution in [0.1, 0.15) is 43.1 Å². The van der Waals surface area contributed by atoms with E-state index in [0.717, 1.165) is 24.7 Å². The van der Waals surface area contributed by atoms with Crippen LogP contribution in [-0.2, 0) is 5.41 Å². The Morgan fingerprint density at radius 2 is 1.97 bits per heavy atom. The lowest BCUT2D eigenvalue weighted by Crippen LogP contribution is -2.28. The molecule has 186 valence electrons. The summed E-state index contributed by atoms with van der Waals surface area (Å²) >= 11 is 0. The molecule has 4 aromatic rings. The fraction of sp³-hybridized carbons (Fsp3) is 0.318. The average Bonchev–Trinajstić information content (AvgIpc) is 3.74. The molecule has 1 aromatic carbocycles. The van der Waals surface area contributed by atoms with Gasteiger partial charge in [0.25, 0.3) is 0 Å². The van der Waals surface area contributed by atoms with E-state index in [0.29, 0.717) is 16.8 Å². The number of urea groups is 1. The number of hydrogen-bond acceptors (Lipinski definition) is 7. The Labute approximate surface area is 199 Å². The summed E-state index contributed by atoms with van der Waals surface area (Å²) in [5, 5.41) is 12.2. The van der Waals surface area contributed by atoms with Crippen LogP contribution < -0.4 is 16.4 Å². The molecule has 0 saturated heterocycles. The smallest absolute Gasteiger partial charge is 0.382 e. The highest BCUT2D eigenvalue weighted by molar-refractivity contribution is 5.99. The van der Waals surface area contributed by atoms with Gasteiger partial charge in [0.05, 0.1) is 5.69 Å². The molecule has 2 aliphatic carbocycles. The zero-order valence-electron chi connectivity index (χ0n) is 18.4. The first-order valence-corrected chi connectivity index (χ1v) is 11.1. The number of nitrogens with zero attached hydrogens (tertiary/aromatic N) is 5. The maximum absolute atomic E-state index is 14.9. The Morgan fingerprint density at radius 3 is 2.64 bits per heavy atom. The predicted octanol–water partition coefficient (Wildman–Crippen LogP) is 4.62. The maximum Gasteiger partial charge on any atom is 0.400 e. The van der Waals surface area contributed by atoms with Crippen molar-refractivity contribution in [1.82, 2.24) is 24.7 Å². The molecule has 2 saturated carbocycles. The lowest BCUT2D eigenvalue weighted by Gasteiger charge is -2.15. The molecule has 0 aliphatic heterocycles. The number of carbonyl (C=O) groups excluding carboxylic acids is 1. The van der Waals surface area contributed by atoms with Gasteiger partial charge in [0.1, 0.15) is 40.3 Å². The van der Waals surface area contributed by atoms with Crippen LogP contribution in [0.15, 0.2) is 35.1 Å². The highest BCUT2D eigenvalue weighted by Gasteiger charge is 2.66. The van der Waals surface area contributed by atoms with Crippen molar-refractivity contribution in [3.05, 3.63) is 47.9 Å². The van der Waals surface area contributed by atoms with E-state index in [-0.39, 0.29) is 41.8 Å². The van der Waals surface area contributed by atoms with Crippen molar-refractivity contribution in [2.75, 3.05) is 16.4 Å². The molecule has 2 aliphatic rings. The number of benzene rings is 1. The highest BCUT2D eigenvalue weighted by atomic mass is 19.4. The van der Waals surface area contributed by atoms with Gasteiger partial charge in [0.2, 0.25) is 5.88 Å². The van der Waals surface area contributed by atoms with Gasteiger partial charge in [-0.25, -0.2) is 23.7 Å². The van der Waals surface area contributed by atoms with Crippen molar-refractivity contribution in [2.45, 2.75) is 43.2 Å². The Kier molecular flexibility index (Phi) is 4.72. The molecule has 36 heavy (non-hydrogen) atoms. The van der Waals surface area contributed by atoms with Crippen LogP contribution in [0.4, 0.5) is 39.7 Å². The van der Waals surface area contributed by atoms with Crippen molar-refractivity contribution in [3.8, 4) is 11.3 Å². The number of rotatable bonds is 5. The van der Waals surface area contributed by atoms with Crippen molar-refractivity contribution in [2.24, 2.45) is 0 Å². The van der Waals surface area contributed by atoms with Gasteiger partial charge < -0.3 is 15.6 Å². The summed E-state index contributed by atoms with van der Waals surface area (Å²) in [6.45, 7) is 0. The number of nitrogens with two attached hydrogens (primary N) is 1. The normalized spacial score (nSPS) is 16.8. The van der Waals surface area contributed by atoms with Crippen molar-refractivity contribution < 1.29 is 26.9 Å². The summed E-state index contributed by atoms with van der Waals surface area (Å²) in [7, 11) is 0. The van der Waals surface area contributed by atoms with Crippen LogP contribution in [0.5, 0.6) is 0 Å². The summed E-state index contributed by atoms with van der Waals surface area (Å²) in [5.74, 6) is 0.118. The van der Waals surface area contributed by atoms with Gasteiger partial charge in [0.15, 0.2) is 5.82 Å². The molecule has 0 atom stereocenters. The molecule has 0 unspecified atom stereocenters. The predicted molar refractivity (Wildman–Crippen MR) is 119 cm³/mol. The van der Waals surface area contributed by atoms with E-state index in [1.165, 1.54) is 18.5 Å². The fourth-order valence-electron chi connectivity index (χ4n) is 4.18. The minimum absolute atomic E-state index is 0.0990. The third-order valence-electron chi connectivity index (χ3n) is 6.45. The first-order valence-electron chi connectivity index (χ1n) is 11.1. The molecule has 0 spiro atoms. The molecule has 2 amide bonds. The number of imidazole rings is 1. The minimum Gasteiger partial charge on any atom is -0.382 e. The van der Waals surface area contributed by atoms with Crippen LogP contribution in [0.3, 0.4) is 0 Å². The Hall–Kier alpha value is -4.23. The number of nitrogens with one attached hydrogen (secondary N) is 2. The molecule has 0 bridgehead atoms. The third kappa shape index (κ3) is 3.60. The van der Waals surface area contributed by atoms with Crippen molar-refractivity contribution >= 4 is 28.9 Å². The third-order valence-corrected chi connectivity index (χ3v) is 6.45. The summed E-state index contributed by atoms with van der Waals surface area (Å²) in [4.78, 5) is 21.0. The van der Waals surface area contributed by atoms with Crippen LogP contribution in [0.2, 0.25) is 0 Å². The van der Waals surface area contributed by atoms with E-state index >= 15 is 0 Å². The number of anilines is 3. The summed E-state index contributed by atoms with van der Waals surface area (Å²) < 4.78 is 61.1. The molecular weight excluding hydrogens is 484 g/mol. The number of fused-ring (bicyclic) bond motifs is 1. The number of nitrogen functional groups attached to an aromatic ring is 1. The zero-order chi connectivity index (χ0) is 25.2. The Bertz CT molecular complexity index is 1500. The highest BCUT2D eigenvalue weighted by Crippen LogP contribution is 2.58. The molecule has 10 nitrogen and oxygen atoms in total. The number of alkyl halides is 3. The zero-order valence-corrected chi connectivity index (χ0v) is 18.4. The van der Waals surface area contributed by atoms with Crippen molar-refractivity contribution in [1.29, 1.82) is 0 Å². The number of carbonyl (C=O) groups is 1. The second-order valence-corrected chi connectivity index (χ2v) is 8.93. The molecule has 4 N–H and O–H groups in total. The summed E-state index contributed by atoms with van der Waals surface area (Å²) in [5.41, 5.74) is 4.82. The van der Waals surface area contributed by atoms with Gasteiger partial charge in [-0.05, 0) is 37.8 Å². The Morgan fingerprint density at radius 1 is 1.19 bits per heavy atom. The topological polar surface area (TPSA) is 136 Å². The lowest BCUT2D eigenvalue weighted by atomic mass is 10.0. The second-order valence-electron chi connectivity index (χ2n) is 8.93. The SMILES string of the molecule is Nc1ncnn2c(C3CC3)nc(-c3ccc(NC(=O)Nc4cc(C5(C(F)(F)F)CC5)no4)c(F)c3)c12. The first kappa shape index (κ1) is 22.2. The van der Waals surface area contributed by atoms with Crippen LogP contribution in [0, 0.1) is 5.82 Å². The fourth-order valence-corrected chi connectivity index (χ4v) is 4.18. The molecule has 3 heterocycles. The first-order chi connectivity index (χ1) is 17.2. The van der Waals surface area contributed by atoms with Crippen LogP contribution in [0.25, 0.3) is 16.8 Å². The maximum atomic E-state index is 14.9. The Balaban J connectivity index is 1.21. The van der Waals surface area contributed by atoms with E-state index in [9.17, 15) is 22.4 Å². The summed E-state index contributed by atoms with van der Waals surface area (Å²) in [6, 6.07) is 4.18. The summed E-state index contributed by atoms with van der Waals surface area (Å²) in [6.07, 6.45) is -1.39. The van der Waals surface area contributed by atoms with Crippen LogP contribution in [-0.4, -0.2) is 36.9 Å². The van der Waals surface area contributed by atoms with E-state index in [4.69, 9.17) is 10.3 Å². The largest absolute Gasteiger partial charge is 0.400 e. The monoisotopic (exact) mass is 502 g/mol. The quantitative estimate of drug-likeness (QED) is 0.339. The molecule has 3 aromatic heterocycles. The molecule has 0 radical (unpaired) electrons. The lowest BCUT2D eigenvalue weighted by molar-refractivity contribution is -0.161. The molecular formula is C22H18F4N8O2. The molecule has 6 rings (SSSR count). The molecule has 2 fully saturated rings. The van der Waals surface area contributed by atoms with E-state index in [2.05, 4.69) is 30.9 Å². The van der Waals surface area contributed by atoms with Crippen LogP contribution >= 0.6 is 0 Å². The van der Waals surface area contributed by atoms with Gasteiger partial charge in [-0.3, -0.25) is 5.32 Å². The van der Waals surface area contributed by atoms with Gasteiger partial charge >= 0.3 is 12.2 Å². The van der Waals surface area contributed by atoms with Crippen molar-refractivity contribution in [3.63, 3.8) is 0 Å². The standard InChI is InChI=1S/C22H18F4N8O2/c23-12-7-11(16-17-18(27)28-9-29-34(17)19(32-16)10-1-2-10)3-4-13(12)30-20(35)31-15-8-14(33-36-15)21(5-6-21)22(24,25)26/h3-4,7-10H,1-2,5-6H2,(H2,27,28,29)(H2,30,31,35). The van der Waals surface area contributed by atoms with Gasteiger partial charge in [-0.2, -0.15) is 18.3 Å². The van der Waals surface area contributed by atoms with E-state index in [1.807, 2.05) is 0 Å².